The largest absolute Gasteiger partial charge is 0.475 e. The lowest BCUT2D eigenvalue weighted by Gasteiger charge is -2.25. The minimum atomic E-state index is -1.23. The number of aromatic carboxylic acids is 1. The van der Waals surface area contributed by atoms with Crippen LogP contribution in [0.4, 0.5) is 5.95 Å². The molecule has 2 aromatic carbocycles. The van der Waals surface area contributed by atoms with E-state index in [1.807, 2.05) is 18.2 Å². The molecule has 0 fully saturated rings. The molecule has 0 unspecified atom stereocenters. The molecule has 3 N–H and O–H groups in total. The number of carboxylic acids is 1. The zero-order chi connectivity index (χ0) is 25.6. The lowest BCUT2D eigenvalue weighted by atomic mass is 10.0. The summed E-state index contributed by atoms with van der Waals surface area (Å²) >= 11 is 0. The van der Waals surface area contributed by atoms with Gasteiger partial charge < -0.3 is 15.4 Å². The molecule has 0 radical (unpaired) electrons. The van der Waals surface area contributed by atoms with Gasteiger partial charge in [-0.3, -0.25) is 0 Å². The number of nitrogens with zero attached hydrogens (tertiary/aromatic N) is 8. The monoisotopic (exact) mass is 479 g/mol. The second-order valence-corrected chi connectivity index (χ2v) is 9.14. The number of imidazole rings is 1. The molecule has 178 valence electrons. The van der Waals surface area contributed by atoms with Crippen LogP contribution in [0.25, 0.3) is 39.2 Å². The molecule has 0 aliphatic heterocycles. The zero-order valence-corrected chi connectivity index (χ0v) is 19.7. The number of hydrogen-bond acceptors (Lipinski definition) is 8. The lowest BCUT2D eigenvalue weighted by molar-refractivity contribution is 0.0683. The van der Waals surface area contributed by atoms with Gasteiger partial charge >= 0.3 is 5.97 Å². The molecule has 0 amide bonds. The van der Waals surface area contributed by atoms with Crippen molar-refractivity contribution < 1.29 is 9.90 Å². The molecule has 36 heavy (non-hydrogen) atoms. The average Bonchev–Trinajstić information content (AvgIpc) is 3.49. The van der Waals surface area contributed by atoms with E-state index in [2.05, 4.69) is 51.5 Å². The number of benzene rings is 2. The van der Waals surface area contributed by atoms with Crippen LogP contribution in [0.1, 0.15) is 37.0 Å². The third-order valence-electron chi connectivity index (χ3n) is 5.63. The van der Waals surface area contributed by atoms with Crippen LogP contribution in [0.15, 0.2) is 55.1 Å². The lowest BCUT2D eigenvalue weighted by Crippen LogP contribution is -2.23. The summed E-state index contributed by atoms with van der Waals surface area (Å²) in [7, 11) is 0. The number of rotatable bonds is 4. The smallest absolute Gasteiger partial charge is 0.375 e. The van der Waals surface area contributed by atoms with Crippen LogP contribution in [-0.2, 0) is 5.54 Å². The highest BCUT2D eigenvalue weighted by molar-refractivity contribution is 5.87. The number of fused-ring (bicyclic) bond motifs is 1. The number of carboxylic acid groups (broad SMARTS) is 1. The van der Waals surface area contributed by atoms with Crippen molar-refractivity contribution in [2.24, 2.45) is 0 Å². The standard InChI is InChI=1S/C25H21N9O2/c1-25(2,3)34-20-7-5-15(16-11-28-24(27)29-12-16)9-18(20)31-22(34)17-8-14(10-26)4-6-19(17)33-13-30-21(32-33)23(35)36/h4-9,11-13H,1-3H3,(H,35,36)(H2,27,28,29). The molecule has 0 aliphatic carbocycles. The van der Waals surface area contributed by atoms with E-state index in [0.717, 1.165) is 22.2 Å². The van der Waals surface area contributed by atoms with Crippen molar-refractivity contribution in [1.82, 2.24) is 34.3 Å². The summed E-state index contributed by atoms with van der Waals surface area (Å²) in [6, 6.07) is 13.1. The third-order valence-corrected chi connectivity index (χ3v) is 5.63. The first-order chi connectivity index (χ1) is 17.2. The maximum atomic E-state index is 11.4. The Balaban J connectivity index is 1.77. The first-order valence-electron chi connectivity index (χ1n) is 11.0. The van der Waals surface area contributed by atoms with Gasteiger partial charge in [0.05, 0.1) is 28.4 Å². The predicted molar refractivity (Wildman–Crippen MR) is 132 cm³/mol. The van der Waals surface area contributed by atoms with Gasteiger partial charge in [-0.05, 0) is 56.7 Å². The maximum absolute atomic E-state index is 11.4. The quantitative estimate of drug-likeness (QED) is 0.392. The Labute approximate surface area is 205 Å². The molecule has 0 atom stereocenters. The SMILES string of the molecule is CC(C)(C)n1c(-c2cc(C#N)ccc2-n2cnc(C(=O)O)n2)nc2cc(-c3cnc(N)nc3)ccc21. The van der Waals surface area contributed by atoms with Crippen LogP contribution in [0, 0.1) is 11.3 Å². The Bertz CT molecular complexity index is 1670. The molecule has 11 nitrogen and oxygen atoms in total. The Morgan fingerprint density at radius 1 is 1.06 bits per heavy atom. The van der Waals surface area contributed by atoms with E-state index in [1.165, 1.54) is 11.0 Å². The summed E-state index contributed by atoms with van der Waals surface area (Å²) < 4.78 is 3.46. The highest BCUT2D eigenvalue weighted by atomic mass is 16.4. The third kappa shape index (κ3) is 3.90. The van der Waals surface area contributed by atoms with Gasteiger partial charge in [0.15, 0.2) is 0 Å². The first-order valence-corrected chi connectivity index (χ1v) is 11.0. The fourth-order valence-corrected chi connectivity index (χ4v) is 4.07. The maximum Gasteiger partial charge on any atom is 0.375 e. The van der Waals surface area contributed by atoms with Crippen molar-refractivity contribution in [1.29, 1.82) is 5.26 Å². The summed E-state index contributed by atoms with van der Waals surface area (Å²) in [6.07, 6.45) is 4.65. The highest BCUT2D eigenvalue weighted by Crippen LogP contribution is 2.36. The van der Waals surface area contributed by atoms with Gasteiger partial charge in [0, 0.05) is 29.1 Å². The van der Waals surface area contributed by atoms with Gasteiger partial charge in [-0.15, -0.1) is 5.10 Å². The Morgan fingerprint density at radius 3 is 2.44 bits per heavy atom. The molecule has 0 saturated heterocycles. The number of carbonyl (C=O) groups is 1. The average molecular weight is 480 g/mol. The van der Waals surface area contributed by atoms with Gasteiger partial charge in [-0.2, -0.15) is 5.26 Å². The van der Waals surface area contributed by atoms with Crippen molar-refractivity contribution in [2.75, 3.05) is 5.73 Å². The van der Waals surface area contributed by atoms with Gasteiger partial charge in [-0.25, -0.2) is 29.4 Å². The van der Waals surface area contributed by atoms with Crippen molar-refractivity contribution in [3.63, 3.8) is 0 Å². The molecule has 0 bridgehead atoms. The van der Waals surface area contributed by atoms with E-state index < -0.39 is 5.97 Å². The molecule has 5 rings (SSSR count). The van der Waals surface area contributed by atoms with Gasteiger partial charge in [0.25, 0.3) is 5.82 Å². The topological polar surface area (TPSA) is 161 Å². The van der Waals surface area contributed by atoms with Gasteiger partial charge in [0.1, 0.15) is 12.2 Å². The summed E-state index contributed by atoms with van der Waals surface area (Å²) in [5.41, 5.74) is 10.1. The molecular formula is C25H21N9O2. The zero-order valence-electron chi connectivity index (χ0n) is 19.7. The summed E-state index contributed by atoms with van der Waals surface area (Å²) in [5.74, 6) is -0.763. The Morgan fingerprint density at radius 2 is 1.81 bits per heavy atom. The predicted octanol–water partition coefficient (Wildman–Crippen LogP) is 3.65. The van der Waals surface area contributed by atoms with Crippen molar-refractivity contribution in [3.05, 3.63) is 66.5 Å². The number of nitriles is 1. The molecule has 11 heteroatoms. The second-order valence-electron chi connectivity index (χ2n) is 9.14. The van der Waals surface area contributed by atoms with Crippen molar-refractivity contribution in [3.8, 4) is 34.3 Å². The van der Waals surface area contributed by atoms with Gasteiger partial charge in [-0.1, -0.05) is 6.07 Å². The Hall–Kier alpha value is -5.11. The van der Waals surface area contributed by atoms with Crippen LogP contribution < -0.4 is 5.73 Å². The molecule has 0 spiro atoms. The molecular weight excluding hydrogens is 458 g/mol. The summed E-state index contributed by atoms with van der Waals surface area (Å²) in [5, 5.41) is 23.0. The van der Waals surface area contributed by atoms with E-state index in [4.69, 9.17) is 10.7 Å². The van der Waals surface area contributed by atoms with E-state index >= 15 is 0 Å². The minimum absolute atomic E-state index is 0.197. The minimum Gasteiger partial charge on any atom is -0.475 e. The first kappa shape index (κ1) is 22.7. The van der Waals surface area contributed by atoms with Crippen molar-refractivity contribution >= 4 is 23.0 Å². The van der Waals surface area contributed by atoms with E-state index in [0.29, 0.717) is 22.6 Å². The Kier molecular flexibility index (Phi) is 5.21. The van der Waals surface area contributed by atoms with Crippen LogP contribution in [0.2, 0.25) is 0 Å². The highest BCUT2D eigenvalue weighted by Gasteiger charge is 2.25. The van der Waals surface area contributed by atoms with E-state index in [1.54, 1.807) is 30.6 Å². The van der Waals surface area contributed by atoms with Gasteiger partial charge in [0.2, 0.25) is 5.95 Å². The number of aromatic nitrogens is 7. The number of nitrogens with two attached hydrogens (primary N) is 1. The number of nitrogen functional groups attached to an aromatic ring is 1. The van der Waals surface area contributed by atoms with Crippen LogP contribution in [-0.4, -0.2) is 45.4 Å². The fraction of sp³-hybridized carbons (Fsp3) is 0.160. The molecule has 3 heterocycles. The van der Waals surface area contributed by atoms with E-state index in [-0.39, 0.29) is 17.3 Å². The molecule has 0 aliphatic rings. The summed E-state index contributed by atoms with van der Waals surface area (Å²) in [4.78, 5) is 28.4. The summed E-state index contributed by atoms with van der Waals surface area (Å²) in [6.45, 7) is 6.18. The fourth-order valence-electron chi connectivity index (χ4n) is 4.07. The number of anilines is 1. The molecule has 5 aromatic rings. The van der Waals surface area contributed by atoms with Crippen LogP contribution >= 0.6 is 0 Å². The van der Waals surface area contributed by atoms with E-state index in [9.17, 15) is 15.2 Å². The van der Waals surface area contributed by atoms with Crippen LogP contribution in [0.5, 0.6) is 0 Å². The van der Waals surface area contributed by atoms with Crippen LogP contribution in [0.3, 0.4) is 0 Å². The normalized spacial score (nSPS) is 11.5. The van der Waals surface area contributed by atoms with Crippen molar-refractivity contribution in [2.45, 2.75) is 26.3 Å². The molecule has 0 saturated carbocycles. The number of hydrogen-bond donors (Lipinski definition) is 2. The second kappa shape index (κ2) is 8.28. The molecule has 3 aromatic heterocycles.